The van der Waals surface area contributed by atoms with E-state index in [1.807, 2.05) is 19.4 Å². The Morgan fingerprint density at radius 2 is 2.39 bits per heavy atom. The third kappa shape index (κ3) is 2.98. The second-order valence-electron chi connectivity index (χ2n) is 4.30. The van der Waals surface area contributed by atoms with Crippen LogP contribution in [0.2, 0.25) is 0 Å². The van der Waals surface area contributed by atoms with Crippen LogP contribution in [0.15, 0.2) is 29.9 Å². The summed E-state index contributed by atoms with van der Waals surface area (Å²) in [6.07, 6.45) is 3.99. The highest BCUT2D eigenvalue weighted by molar-refractivity contribution is 7.10. The van der Waals surface area contributed by atoms with Gasteiger partial charge < -0.3 is 14.6 Å². The second-order valence-corrected chi connectivity index (χ2v) is 5.28. The van der Waals surface area contributed by atoms with Crippen LogP contribution in [-0.4, -0.2) is 29.3 Å². The minimum absolute atomic E-state index is 0.127. The zero-order chi connectivity index (χ0) is 13.0. The van der Waals surface area contributed by atoms with Crippen molar-refractivity contribution in [2.24, 2.45) is 7.05 Å². The topological polar surface area (TPSA) is 39.1 Å². The molecule has 18 heavy (non-hydrogen) atoms. The van der Waals surface area contributed by atoms with Crippen LogP contribution in [0.4, 0.5) is 0 Å². The lowest BCUT2D eigenvalue weighted by molar-refractivity contribution is 0.115. The van der Waals surface area contributed by atoms with Crippen molar-refractivity contribution < 1.29 is 4.74 Å². The Morgan fingerprint density at radius 1 is 1.56 bits per heavy atom. The first-order valence-corrected chi connectivity index (χ1v) is 6.87. The molecule has 98 valence electrons. The fourth-order valence-electron chi connectivity index (χ4n) is 1.80. The number of imidazole rings is 1. The van der Waals surface area contributed by atoms with E-state index in [0.717, 1.165) is 12.4 Å². The Bertz CT molecular complexity index is 466. The molecule has 0 bridgehead atoms. The lowest BCUT2D eigenvalue weighted by atomic mass is 10.2. The predicted molar refractivity (Wildman–Crippen MR) is 73.8 cm³/mol. The van der Waals surface area contributed by atoms with Crippen molar-refractivity contribution in [2.75, 3.05) is 13.7 Å². The number of thiophene rings is 1. The lowest BCUT2D eigenvalue weighted by Gasteiger charge is -2.19. The number of aryl methyl sites for hydroxylation is 1. The molecule has 1 N–H and O–H groups in total. The Morgan fingerprint density at radius 3 is 2.94 bits per heavy atom. The Labute approximate surface area is 112 Å². The van der Waals surface area contributed by atoms with Crippen LogP contribution in [0.3, 0.4) is 0 Å². The molecule has 2 aromatic heterocycles. The summed E-state index contributed by atoms with van der Waals surface area (Å²) in [6.45, 7) is 2.85. The van der Waals surface area contributed by atoms with E-state index in [1.54, 1.807) is 18.4 Å². The summed E-state index contributed by atoms with van der Waals surface area (Å²) in [5.74, 6) is 1.03. The number of rotatable bonds is 6. The van der Waals surface area contributed by atoms with Crippen LogP contribution in [0.5, 0.6) is 0 Å². The molecule has 2 rings (SSSR count). The molecule has 0 aliphatic carbocycles. The average Bonchev–Trinajstić information content (AvgIpc) is 3.02. The van der Waals surface area contributed by atoms with Crippen molar-refractivity contribution in [2.45, 2.75) is 19.1 Å². The Balaban J connectivity index is 2.17. The number of nitrogens with one attached hydrogen (secondary N) is 1. The van der Waals surface area contributed by atoms with Gasteiger partial charge in [0.1, 0.15) is 11.9 Å². The third-order valence-corrected chi connectivity index (χ3v) is 3.89. The molecule has 0 radical (unpaired) electrons. The van der Waals surface area contributed by atoms with Gasteiger partial charge in [-0.3, -0.25) is 0 Å². The van der Waals surface area contributed by atoms with Gasteiger partial charge in [0.05, 0.1) is 6.10 Å². The maximum absolute atomic E-state index is 5.28. The number of nitrogens with zero attached hydrogens (tertiary/aromatic N) is 2. The SMILES string of the molecule is COC(C)CNC(c1cccs1)c1nccn1C. The summed E-state index contributed by atoms with van der Waals surface area (Å²) < 4.78 is 7.33. The smallest absolute Gasteiger partial charge is 0.131 e. The fourth-order valence-corrected chi connectivity index (χ4v) is 2.59. The predicted octanol–water partition coefficient (Wildman–Crippen LogP) is 2.20. The lowest BCUT2D eigenvalue weighted by Crippen LogP contribution is -2.31. The van der Waals surface area contributed by atoms with E-state index in [1.165, 1.54) is 4.88 Å². The van der Waals surface area contributed by atoms with Crippen molar-refractivity contribution in [1.29, 1.82) is 0 Å². The highest BCUT2D eigenvalue weighted by atomic mass is 32.1. The molecule has 0 fully saturated rings. The standard InChI is InChI=1S/C13H19N3OS/c1-10(17-3)9-15-12(11-5-4-8-18-11)13-14-6-7-16(13)2/h4-8,10,12,15H,9H2,1-3H3. The van der Waals surface area contributed by atoms with E-state index in [2.05, 4.69) is 39.3 Å². The molecule has 0 saturated heterocycles. The number of methoxy groups -OCH3 is 1. The summed E-state index contributed by atoms with van der Waals surface area (Å²) >= 11 is 1.74. The molecule has 0 amide bonds. The Hall–Kier alpha value is -1.17. The van der Waals surface area contributed by atoms with Gasteiger partial charge in [-0.1, -0.05) is 6.07 Å². The minimum Gasteiger partial charge on any atom is -0.380 e. The fraction of sp³-hybridized carbons (Fsp3) is 0.462. The minimum atomic E-state index is 0.127. The molecule has 2 aromatic rings. The van der Waals surface area contributed by atoms with E-state index in [9.17, 15) is 0 Å². The molecule has 0 saturated carbocycles. The third-order valence-electron chi connectivity index (χ3n) is 2.96. The van der Waals surface area contributed by atoms with E-state index in [-0.39, 0.29) is 12.1 Å². The van der Waals surface area contributed by atoms with Gasteiger partial charge in [0.2, 0.25) is 0 Å². The van der Waals surface area contributed by atoms with E-state index in [4.69, 9.17) is 4.74 Å². The van der Waals surface area contributed by atoms with Gasteiger partial charge in [-0.25, -0.2) is 4.98 Å². The number of hydrogen-bond donors (Lipinski definition) is 1. The number of ether oxygens (including phenoxy) is 1. The first-order chi connectivity index (χ1) is 8.72. The van der Waals surface area contributed by atoms with Gasteiger partial charge in [-0.05, 0) is 18.4 Å². The van der Waals surface area contributed by atoms with Crippen molar-refractivity contribution in [3.05, 3.63) is 40.6 Å². The molecule has 2 heterocycles. The van der Waals surface area contributed by atoms with Gasteiger partial charge in [-0.15, -0.1) is 11.3 Å². The largest absolute Gasteiger partial charge is 0.380 e. The van der Waals surface area contributed by atoms with Crippen molar-refractivity contribution in [3.8, 4) is 0 Å². The molecule has 0 aliphatic rings. The summed E-state index contributed by atoms with van der Waals surface area (Å²) in [4.78, 5) is 5.71. The molecule has 5 heteroatoms. The van der Waals surface area contributed by atoms with Crippen LogP contribution in [0.25, 0.3) is 0 Å². The van der Waals surface area contributed by atoms with Crippen LogP contribution >= 0.6 is 11.3 Å². The van der Waals surface area contributed by atoms with Crippen LogP contribution < -0.4 is 5.32 Å². The Kier molecular flexibility index (Phi) is 4.52. The van der Waals surface area contributed by atoms with Gasteiger partial charge >= 0.3 is 0 Å². The zero-order valence-corrected chi connectivity index (χ0v) is 11.8. The van der Waals surface area contributed by atoms with Crippen LogP contribution in [0.1, 0.15) is 23.7 Å². The van der Waals surface area contributed by atoms with Gasteiger partial charge in [0.25, 0.3) is 0 Å². The van der Waals surface area contributed by atoms with Crippen LogP contribution in [0, 0.1) is 0 Å². The number of hydrogen-bond acceptors (Lipinski definition) is 4. The second kappa shape index (κ2) is 6.13. The highest BCUT2D eigenvalue weighted by Gasteiger charge is 2.19. The van der Waals surface area contributed by atoms with Crippen molar-refractivity contribution in [3.63, 3.8) is 0 Å². The molecule has 0 aliphatic heterocycles. The van der Waals surface area contributed by atoms with Crippen LogP contribution in [-0.2, 0) is 11.8 Å². The first-order valence-electron chi connectivity index (χ1n) is 5.99. The monoisotopic (exact) mass is 265 g/mol. The van der Waals surface area contributed by atoms with E-state index < -0.39 is 0 Å². The summed E-state index contributed by atoms with van der Waals surface area (Å²) in [5.41, 5.74) is 0. The zero-order valence-electron chi connectivity index (χ0n) is 11.0. The molecule has 2 atom stereocenters. The van der Waals surface area contributed by atoms with Gasteiger partial charge in [-0.2, -0.15) is 0 Å². The molecule has 2 unspecified atom stereocenters. The molecular weight excluding hydrogens is 246 g/mol. The van der Waals surface area contributed by atoms with Crippen molar-refractivity contribution >= 4 is 11.3 Å². The first kappa shape index (κ1) is 13.3. The summed E-state index contributed by atoms with van der Waals surface area (Å²) in [7, 11) is 3.75. The average molecular weight is 265 g/mol. The maximum Gasteiger partial charge on any atom is 0.131 e. The quantitative estimate of drug-likeness (QED) is 0.870. The highest BCUT2D eigenvalue weighted by Crippen LogP contribution is 2.24. The number of aromatic nitrogens is 2. The molecule has 0 aromatic carbocycles. The molecule has 4 nitrogen and oxygen atoms in total. The van der Waals surface area contributed by atoms with Crippen molar-refractivity contribution in [1.82, 2.24) is 14.9 Å². The maximum atomic E-state index is 5.28. The molecule has 0 spiro atoms. The van der Waals surface area contributed by atoms with Gasteiger partial charge in [0.15, 0.2) is 0 Å². The molecular formula is C13H19N3OS. The van der Waals surface area contributed by atoms with Gasteiger partial charge in [0, 0.05) is 38.0 Å². The van der Waals surface area contributed by atoms with E-state index >= 15 is 0 Å². The summed E-state index contributed by atoms with van der Waals surface area (Å²) in [5, 5.41) is 5.61. The summed E-state index contributed by atoms with van der Waals surface area (Å²) in [6, 6.07) is 4.33. The normalized spacial score (nSPS) is 14.6. The van der Waals surface area contributed by atoms with E-state index in [0.29, 0.717) is 0 Å².